The van der Waals surface area contributed by atoms with Crippen LogP contribution in [0.1, 0.15) is 5.56 Å². The van der Waals surface area contributed by atoms with Gasteiger partial charge in [-0.3, -0.25) is 9.96 Å². The van der Waals surface area contributed by atoms with Crippen molar-refractivity contribution in [3.05, 3.63) is 60.2 Å². The van der Waals surface area contributed by atoms with Gasteiger partial charge >= 0.3 is 0 Å². The first kappa shape index (κ1) is 15.7. The van der Waals surface area contributed by atoms with Crippen LogP contribution in [0.5, 0.6) is 0 Å². The van der Waals surface area contributed by atoms with Crippen LogP contribution in [0, 0.1) is 5.41 Å². The molecule has 6 N–H and O–H groups in total. The van der Waals surface area contributed by atoms with Crippen molar-refractivity contribution >= 4 is 21.6 Å². The van der Waals surface area contributed by atoms with Crippen molar-refractivity contribution in [1.82, 2.24) is 0 Å². The van der Waals surface area contributed by atoms with Gasteiger partial charge in [0.2, 0.25) is 0 Å². The molecule has 2 aromatic rings. The highest BCUT2D eigenvalue weighted by Gasteiger charge is 2.06. The van der Waals surface area contributed by atoms with Gasteiger partial charge in [0.25, 0.3) is 10.1 Å². The number of nitrogen functional groups attached to an aromatic ring is 2. The highest BCUT2D eigenvalue weighted by molar-refractivity contribution is 7.85. The first-order valence-corrected chi connectivity index (χ1v) is 6.97. The van der Waals surface area contributed by atoms with Crippen molar-refractivity contribution in [1.29, 1.82) is 5.41 Å². The van der Waals surface area contributed by atoms with E-state index in [-0.39, 0.29) is 10.7 Å². The zero-order chi connectivity index (χ0) is 15.2. The minimum atomic E-state index is -4.08. The Morgan fingerprint density at radius 3 is 1.85 bits per heavy atom. The van der Waals surface area contributed by atoms with Crippen LogP contribution in [0.15, 0.2) is 59.5 Å². The van der Waals surface area contributed by atoms with Crippen LogP contribution >= 0.6 is 0 Å². The molecule has 2 rings (SSSR count). The lowest BCUT2D eigenvalue weighted by Gasteiger charge is -1.95. The molecule has 0 saturated heterocycles. The van der Waals surface area contributed by atoms with E-state index in [4.69, 9.17) is 21.4 Å². The third-order valence-corrected chi connectivity index (χ3v) is 3.13. The average molecular weight is 293 g/mol. The Morgan fingerprint density at radius 2 is 1.50 bits per heavy atom. The average Bonchev–Trinajstić information content (AvgIpc) is 2.40. The maximum atomic E-state index is 10.5. The van der Waals surface area contributed by atoms with Crippen molar-refractivity contribution in [3.63, 3.8) is 0 Å². The molecular weight excluding hydrogens is 278 g/mol. The number of benzene rings is 2. The Balaban J connectivity index is 0.000000204. The zero-order valence-electron chi connectivity index (χ0n) is 10.5. The van der Waals surface area contributed by atoms with Gasteiger partial charge in [-0.25, -0.2) is 0 Å². The van der Waals surface area contributed by atoms with E-state index < -0.39 is 10.1 Å². The fraction of sp³-hybridized carbons (Fsp3) is 0. The van der Waals surface area contributed by atoms with Gasteiger partial charge in [0.1, 0.15) is 5.84 Å². The molecule has 2 aromatic carbocycles. The molecule has 0 amide bonds. The molecule has 0 saturated carbocycles. The van der Waals surface area contributed by atoms with E-state index in [2.05, 4.69) is 0 Å². The number of amidine groups is 1. The number of hydrogen-bond donors (Lipinski definition) is 4. The van der Waals surface area contributed by atoms with E-state index in [0.29, 0.717) is 5.69 Å². The third-order valence-electron chi connectivity index (χ3n) is 2.26. The molecule has 0 fully saturated rings. The maximum Gasteiger partial charge on any atom is 0.294 e. The highest BCUT2D eigenvalue weighted by Crippen LogP contribution is 2.10. The molecule has 0 aliphatic rings. The fourth-order valence-corrected chi connectivity index (χ4v) is 1.74. The summed E-state index contributed by atoms with van der Waals surface area (Å²) in [6, 6.07) is 14.5. The van der Waals surface area contributed by atoms with Gasteiger partial charge in [-0.2, -0.15) is 8.42 Å². The molecule has 0 heterocycles. The molecule has 0 spiro atoms. The van der Waals surface area contributed by atoms with Crippen LogP contribution in [0.4, 0.5) is 5.69 Å². The monoisotopic (exact) mass is 293 g/mol. The van der Waals surface area contributed by atoms with E-state index in [9.17, 15) is 8.42 Å². The molecule has 0 aliphatic heterocycles. The van der Waals surface area contributed by atoms with Crippen molar-refractivity contribution in [3.8, 4) is 0 Å². The van der Waals surface area contributed by atoms with Crippen molar-refractivity contribution in [2.24, 2.45) is 5.73 Å². The second-order valence-corrected chi connectivity index (χ2v) is 5.25. The zero-order valence-corrected chi connectivity index (χ0v) is 11.3. The summed E-state index contributed by atoms with van der Waals surface area (Å²) in [6.45, 7) is 0. The smallest absolute Gasteiger partial charge is 0.294 e. The molecule has 0 radical (unpaired) electrons. The van der Waals surface area contributed by atoms with Crippen LogP contribution in [0.3, 0.4) is 0 Å². The van der Waals surface area contributed by atoms with Gasteiger partial charge in [-0.15, -0.1) is 0 Å². The van der Waals surface area contributed by atoms with E-state index in [1.807, 2.05) is 30.3 Å². The second kappa shape index (κ2) is 6.69. The molecule has 0 aromatic heterocycles. The van der Waals surface area contributed by atoms with Gasteiger partial charge in [0.15, 0.2) is 0 Å². The van der Waals surface area contributed by atoms with E-state index in [0.717, 1.165) is 5.56 Å². The number of hydrogen-bond acceptors (Lipinski definition) is 4. The predicted molar refractivity (Wildman–Crippen MR) is 78.1 cm³/mol. The number of nitrogens with one attached hydrogen (secondary N) is 1. The Hall–Kier alpha value is -2.38. The molecule has 0 bridgehead atoms. The Labute approximate surface area is 117 Å². The summed E-state index contributed by atoms with van der Waals surface area (Å²) in [5, 5.41) is 7.01. The van der Waals surface area contributed by atoms with Crippen LogP contribution in [-0.4, -0.2) is 18.8 Å². The summed E-state index contributed by atoms with van der Waals surface area (Å²) in [5.74, 6) is 0.121. The lowest BCUT2D eigenvalue weighted by Crippen LogP contribution is -2.10. The van der Waals surface area contributed by atoms with Crippen LogP contribution < -0.4 is 11.5 Å². The molecule has 7 heteroatoms. The minimum absolute atomic E-state index is 0.121. The summed E-state index contributed by atoms with van der Waals surface area (Å²) in [7, 11) is -4.08. The molecule has 0 aliphatic carbocycles. The normalized spacial score (nSPS) is 10.2. The van der Waals surface area contributed by atoms with E-state index >= 15 is 0 Å². The molecular formula is C13H15N3O3S. The van der Waals surface area contributed by atoms with E-state index in [1.165, 1.54) is 24.3 Å². The quantitative estimate of drug-likeness (QED) is 0.288. The van der Waals surface area contributed by atoms with Gasteiger partial charge in [0, 0.05) is 11.3 Å². The number of nitrogens with two attached hydrogens (primary N) is 2. The van der Waals surface area contributed by atoms with Gasteiger partial charge < -0.3 is 11.5 Å². The standard InChI is InChI=1S/C7H8N2.C6H7NO3S/c8-7(9)6-4-2-1-3-5-6;7-5-1-3-6(4-2-5)11(8,9)10/h1-5H,(H3,8,9);1-4H,7H2,(H,8,9,10). The van der Waals surface area contributed by atoms with Crippen LogP contribution in [0.2, 0.25) is 0 Å². The molecule has 20 heavy (non-hydrogen) atoms. The highest BCUT2D eigenvalue weighted by atomic mass is 32.2. The summed E-state index contributed by atoms with van der Waals surface area (Å²) in [4.78, 5) is -0.147. The molecule has 6 nitrogen and oxygen atoms in total. The largest absolute Gasteiger partial charge is 0.399 e. The lowest BCUT2D eigenvalue weighted by molar-refractivity contribution is 0.483. The van der Waals surface area contributed by atoms with Gasteiger partial charge in [0.05, 0.1) is 4.90 Å². The van der Waals surface area contributed by atoms with Crippen molar-refractivity contribution in [2.75, 3.05) is 5.73 Å². The van der Waals surface area contributed by atoms with Gasteiger partial charge in [-0.05, 0) is 24.3 Å². The summed E-state index contributed by atoms with van der Waals surface area (Å²) >= 11 is 0. The summed E-state index contributed by atoms with van der Waals surface area (Å²) < 4.78 is 29.4. The number of anilines is 1. The summed E-state index contributed by atoms with van der Waals surface area (Å²) in [5.41, 5.74) is 11.7. The second-order valence-electron chi connectivity index (χ2n) is 3.82. The molecule has 0 unspecified atom stereocenters. The third kappa shape index (κ3) is 5.09. The SMILES string of the molecule is N=C(N)c1ccccc1.Nc1ccc(S(=O)(=O)O)cc1. The topological polar surface area (TPSA) is 130 Å². The van der Waals surface area contributed by atoms with Crippen LogP contribution in [0.25, 0.3) is 0 Å². The fourth-order valence-electron chi connectivity index (χ4n) is 1.26. The van der Waals surface area contributed by atoms with Crippen molar-refractivity contribution in [2.45, 2.75) is 4.90 Å². The number of rotatable bonds is 2. The maximum absolute atomic E-state index is 10.5. The minimum Gasteiger partial charge on any atom is -0.399 e. The lowest BCUT2D eigenvalue weighted by atomic mass is 10.2. The van der Waals surface area contributed by atoms with E-state index in [1.54, 1.807) is 0 Å². The van der Waals surface area contributed by atoms with Crippen LogP contribution in [-0.2, 0) is 10.1 Å². The Bertz CT molecular complexity index is 668. The molecule has 106 valence electrons. The predicted octanol–water partition coefficient (Wildman–Crippen LogP) is 1.49. The Morgan fingerprint density at radius 1 is 1.00 bits per heavy atom. The van der Waals surface area contributed by atoms with Gasteiger partial charge in [-0.1, -0.05) is 30.3 Å². The first-order valence-electron chi connectivity index (χ1n) is 5.53. The molecule has 0 atom stereocenters. The van der Waals surface area contributed by atoms with Crippen molar-refractivity contribution < 1.29 is 13.0 Å². The Kier molecular flexibility index (Phi) is 5.24. The first-order chi connectivity index (χ1) is 9.30. The summed E-state index contributed by atoms with van der Waals surface area (Å²) in [6.07, 6.45) is 0.